The first-order valence-electron chi connectivity index (χ1n) is 10.6. The number of hydrogen-bond acceptors (Lipinski definition) is 3. The molecule has 3 nitrogen and oxygen atoms in total. The van der Waals surface area contributed by atoms with Gasteiger partial charge in [0, 0.05) is 18.3 Å². The third kappa shape index (κ3) is 5.26. The molecule has 0 saturated heterocycles. The van der Waals surface area contributed by atoms with Gasteiger partial charge >= 0.3 is 0 Å². The van der Waals surface area contributed by atoms with Crippen LogP contribution in [-0.4, -0.2) is 17.5 Å². The van der Waals surface area contributed by atoms with Crippen molar-refractivity contribution in [2.75, 3.05) is 11.9 Å². The molecule has 0 bridgehead atoms. The molecule has 152 valence electrons. The number of anilines is 1. The molecule has 0 aliphatic heterocycles. The van der Waals surface area contributed by atoms with Crippen LogP contribution in [-0.2, 0) is 12.2 Å². The number of para-hydroxylation sites is 1. The Kier molecular flexibility index (Phi) is 7.45. The molecular formula is C26H33N3. The summed E-state index contributed by atoms with van der Waals surface area (Å²) in [5, 5.41) is 3.92. The maximum Gasteiger partial charge on any atom is 0.118 e. The SMILES string of the molecule is CC(C)N(Cc1ccccc1)C(CCCN)(Nc1ccccc1)c1ccccc1. The highest BCUT2D eigenvalue weighted by molar-refractivity contribution is 5.48. The minimum absolute atomic E-state index is 0.337. The van der Waals surface area contributed by atoms with Crippen molar-refractivity contribution < 1.29 is 0 Å². The normalized spacial score (nSPS) is 13.4. The Bertz CT molecular complexity index is 834. The molecule has 0 spiro atoms. The number of benzene rings is 3. The second-order valence-corrected chi connectivity index (χ2v) is 7.82. The molecular weight excluding hydrogens is 354 g/mol. The molecule has 3 N–H and O–H groups in total. The molecule has 0 heterocycles. The van der Waals surface area contributed by atoms with Gasteiger partial charge in [-0.05, 0) is 56.5 Å². The summed E-state index contributed by atoms with van der Waals surface area (Å²) in [6.07, 6.45) is 1.86. The Labute approximate surface area is 175 Å². The average Bonchev–Trinajstić information content (AvgIpc) is 2.77. The minimum atomic E-state index is -0.355. The Morgan fingerprint density at radius 3 is 1.93 bits per heavy atom. The van der Waals surface area contributed by atoms with Gasteiger partial charge in [0.1, 0.15) is 5.66 Å². The quantitative estimate of drug-likeness (QED) is 0.445. The van der Waals surface area contributed by atoms with Crippen molar-refractivity contribution in [3.63, 3.8) is 0 Å². The smallest absolute Gasteiger partial charge is 0.118 e. The first-order chi connectivity index (χ1) is 14.2. The van der Waals surface area contributed by atoms with Crippen molar-refractivity contribution in [1.82, 2.24) is 4.90 Å². The molecule has 3 aromatic carbocycles. The maximum absolute atomic E-state index is 5.99. The van der Waals surface area contributed by atoms with Gasteiger partial charge in [-0.25, -0.2) is 0 Å². The Morgan fingerprint density at radius 2 is 1.38 bits per heavy atom. The van der Waals surface area contributed by atoms with E-state index in [0.717, 1.165) is 25.1 Å². The summed E-state index contributed by atoms with van der Waals surface area (Å²) in [6.45, 7) is 6.08. The molecule has 0 saturated carbocycles. The van der Waals surface area contributed by atoms with E-state index < -0.39 is 0 Å². The topological polar surface area (TPSA) is 41.3 Å². The Balaban J connectivity index is 2.11. The summed E-state index contributed by atoms with van der Waals surface area (Å²) in [5.41, 5.74) is 9.33. The Hall–Kier alpha value is -2.62. The lowest BCUT2D eigenvalue weighted by Crippen LogP contribution is -2.54. The average molecular weight is 388 g/mol. The van der Waals surface area contributed by atoms with Gasteiger partial charge in [0.25, 0.3) is 0 Å². The van der Waals surface area contributed by atoms with Crippen LogP contribution in [0.3, 0.4) is 0 Å². The predicted molar refractivity (Wildman–Crippen MR) is 124 cm³/mol. The van der Waals surface area contributed by atoms with Gasteiger partial charge in [-0.2, -0.15) is 0 Å². The van der Waals surface area contributed by atoms with Crippen LogP contribution >= 0.6 is 0 Å². The largest absolute Gasteiger partial charge is 0.363 e. The summed E-state index contributed by atoms with van der Waals surface area (Å²) in [5.74, 6) is 0. The first kappa shape index (κ1) is 21.1. The highest BCUT2D eigenvalue weighted by Gasteiger charge is 2.39. The zero-order valence-electron chi connectivity index (χ0n) is 17.6. The molecule has 3 rings (SSSR count). The fourth-order valence-electron chi connectivity index (χ4n) is 4.03. The van der Waals surface area contributed by atoms with E-state index in [1.54, 1.807) is 0 Å². The van der Waals surface area contributed by atoms with Crippen LogP contribution in [0.2, 0.25) is 0 Å². The number of nitrogens with one attached hydrogen (secondary N) is 1. The van der Waals surface area contributed by atoms with Crippen LogP contribution in [0.1, 0.15) is 37.8 Å². The molecule has 3 aromatic rings. The van der Waals surface area contributed by atoms with Crippen molar-refractivity contribution in [3.8, 4) is 0 Å². The van der Waals surface area contributed by atoms with E-state index >= 15 is 0 Å². The van der Waals surface area contributed by atoms with Gasteiger partial charge < -0.3 is 11.1 Å². The fraction of sp³-hybridized carbons (Fsp3) is 0.308. The minimum Gasteiger partial charge on any atom is -0.363 e. The fourth-order valence-corrected chi connectivity index (χ4v) is 4.03. The molecule has 29 heavy (non-hydrogen) atoms. The third-order valence-electron chi connectivity index (χ3n) is 5.43. The molecule has 0 aromatic heterocycles. The Morgan fingerprint density at radius 1 is 0.828 bits per heavy atom. The van der Waals surface area contributed by atoms with Crippen LogP contribution in [0.5, 0.6) is 0 Å². The van der Waals surface area contributed by atoms with E-state index in [9.17, 15) is 0 Å². The van der Waals surface area contributed by atoms with E-state index in [1.807, 2.05) is 0 Å². The molecule has 0 radical (unpaired) electrons. The lowest BCUT2D eigenvalue weighted by molar-refractivity contribution is 0.0571. The maximum atomic E-state index is 5.99. The predicted octanol–water partition coefficient (Wildman–Crippen LogP) is 5.60. The molecule has 0 aliphatic rings. The lowest BCUT2D eigenvalue weighted by Gasteiger charge is -2.48. The van der Waals surface area contributed by atoms with E-state index in [4.69, 9.17) is 5.73 Å². The lowest BCUT2D eigenvalue weighted by atomic mass is 9.89. The highest BCUT2D eigenvalue weighted by Crippen LogP contribution is 2.37. The first-order valence-corrected chi connectivity index (χ1v) is 10.6. The summed E-state index contributed by atoms with van der Waals surface area (Å²) in [4.78, 5) is 2.57. The van der Waals surface area contributed by atoms with Crippen LogP contribution in [0.4, 0.5) is 5.69 Å². The van der Waals surface area contributed by atoms with Gasteiger partial charge in [-0.1, -0.05) is 78.9 Å². The molecule has 0 amide bonds. The molecule has 0 fully saturated rings. The van der Waals surface area contributed by atoms with Gasteiger partial charge in [-0.15, -0.1) is 0 Å². The number of nitrogens with zero attached hydrogens (tertiary/aromatic N) is 1. The van der Waals surface area contributed by atoms with Crippen LogP contribution in [0, 0.1) is 0 Å². The highest BCUT2D eigenvalue weighted by atomic mass is 15.3. The van der Waals surface area contributed by atoms with Crippen molar-refractivity contribution in [1.29, 1.82) is 0 Å². The van der Waals surface area contributed by atoms with Gasteiger partial charge in [0.05, 0.1) is 0 Å². The summed E-state index contributed by atoms with van der Waals surface area (Å²) >= 11 is 0. The van der Waals surface area contributed by atoms with E-state index in [-0.39, 0.29) is 5.66 Å². The summed E-state index contributed by atoms with van der Waals surface area (Å²) < 4.78 is 0. The molecule has 0 aliphatic carbocycles. The molecule has 1 unspecified atom stereocenters. The van der Waals surface area contributed by atoms with E-state index in [0.29, 0.717) is 12.6 Å². The molecule has 1 atom stereocenters. The second-order valence-electron chi connectivity index (χ2n) is 7.82. The van der Waals surface area contributed by atoms with E-state index in [1.165, 1.54) is 11.1 Å². The van der Waals surface area contributed by atoms with Crippen LogP contribution in [0.25, 0.3) is 0 Å². The number of nitrogens with two attached hydrogens (primary N) is 1. The van der Waals surface area contributed by atoms with Crippen molar-refractivity contribution in [2.24, 2.45) is 5.73 Å². The monoisotopic (exact) mass is 387 g/mol. The number of hydrogen-bond donors (Lipinski definition) is 2. The van der Waals surface area contributed by atoms with Crippen molar-refractivity contribution >= 4 is 5.69 Å². The number of rotatable bonds is 10. The summed E-state index contributed by atoms with van der Waals surface area (Å²) in [6, 6.07) is 32.3. The van der Waals surface area contributed by atoms with Gasteiger partial charge in [0.15, 0.2) is 0 Å². The standard InChI is InChI=1S/C26H33N3/c1-22(2)29(21-23-13-6-3-7-14-23)26(19-12-20-27,24-15-8-4-9-16-24)28-25-17-10-5-11-18-25/h3-11,13-18,22,28H,12,19-21,27H2,1-2H3. The van der Waals surface area contributed by atoms with Gasteiger partial charge in [0.2, 0.25) is 0 Å². The van der Waals surface area contributed by atoms with Crippen molar-refractivity contribution in [3.05, 3.63) is 102 Å². The third-order valence-corrected chi connectivity index (χ3v) is 5.43. The van der Waals surface area contributed by atoms with Crippen LogP contribution in [0.15, 0.2) is 91.0 Å². The van der Waals surface area contributed by atoms with E-state index in [2.05, 4.69) is 115 Å². The molecule has 3 heteroatoms. The summed E-state index contributed by atoms with van der Waals surface area (Å²) in [7, 11) is 0. The van der Waals surface area contributed by atoms with Crippen molar-refractivity contribution in [2.45, 2.75) is 44.9 Å². The van der Waals surface area contributed by atoms with Gasteiger partial charge in [-0.3, -0.25) is 4.90 Å². The zero-order valence-corrected chi connectivity index (χ0v) is 17.6. The van der Waals surface area contributed by atoms with Crippen LogP contribution < -0.4 is 11.1 Å². The zero-order chi connectivity index (χ0) is 20.5. The second kappa shape index (κ2) is 10.2.